The highest BCUT2D eigenvalue weighted by Gasteiger charge is 2.07. The van der Waals surface area contributed by atoms with Crippen LogP contribution in [0, 0.1) is 11.8 Å². The second-order valence-electron chi connectivity index (χ2n) is 4.32. The Morgan fingerprint density at radius 3 is 2.08 bits per heavy atom. The Kier molecular flexibility index (Phi) is 6.45. The summed E-state index contributed by atoms with van der Waals surface area (Å²) in [7, 11) is 0. The summed E-state index contributed by atoms with van der Waals surface area (Å²) in [5, 5.41) is 3.56. The van der Waals surface area contributed by atoms with Crippen LogP contribution in [0.1, 0.15) is 47.5 Å². The van der Waals surface area contributed by atoms with Gasteiger partial charge in [-0.3, -0.25) is 0 Å². The zero-order chi connectivity index (χ0) is 9.56. The Hall–Kier alpha value is -0.0400. The fourth-order valence-corrected chi connectivity index (χ4v) is 1.16. The van der Waals surface area contributed by atoms with Crippen LogP contribution in [0.3, 0.4) is 0 Å². The Balaban J connectivity index is 3.40. The average Bonchev–Trinajstić information content (AvgIpc) is 2.00. The van der Waals surface area contributed by atoms with Crippen molar-refractivity contribution in [2.24, 2.45) is 11.8 Å². The minimum absolute atomic E-state index is 0.691. The van der Waals surface area contributed by atoms with Crippen molar-refractivity contribution in [3.05, 3.63) is 0 Å². The fourth-order valence-electron chi connectivity index (χ4n) is 1.16. The van der Waals surface area contributed by atoms with Gasteiger partial charge in [0.2, 0.25) is 0 Å². The van der Waals surface area contributed by atoms with E-state index in [-0.39, 0.29) is 0 Å². The van der Waals surface area contributed by atoms with Gasteiger partial charge in [-0.05, 0) is 31.7 Å². The molecule has 74 valence electrons. The van der Waals surface area contributed by atoms with Crippen LogP contribution in [0.2, 0.25) is 0 Å². The summed E-state index contributed by atoms with van der Waals surface area (Å²) in [6.45, 7) is 12.6. The van der Waals surface area contributed by atoms with Gasteiger partial charge in [0.15, 0.2) is 0 Å². The monoisotopic (exact) mass is 171 g/mol. The van der Waals surface area contributed by atoms with Gasteiger partial charge in [0.25, 0.3) is 0 Å². The lowest BCUT2D eigenvalue weighted by molar-refractivity contribution is 0.366. The Bertz CT molecular complexity index is 99.2. The Morgan fingerprint density at radius 2 is 1.67 bits per heavy atom. The Labute approximate surface area is 77.9 Å². The Morgan fingerprint density at radius 1 is 1.08 bits per heavy atom. The second kappa shape index (κ2) is 6.47. The van der Waals surface area contributed by atoms with Crippen molar-refractivity contribution < 1.29 is 0 Å². The van der Waals surface area contributed by atoms with Crippen LogP contribution in [0.25, 0.3) is 0 Å². The number of rotatable bonds is 6. The molecule has 0 spiro atoms. The summed E-state index contributed by atoms with van der Waals surface area (Å²) in [5.41, 5.74) is 0. The predicted molar refractivity (Wildman–Crippen MR) is 56.4 cm³/mol. The van der Waals surface area contributed by atoms with E-state index in [2.05, 4.69) is 39.9 Å². The maximum Gasteiger partial charge on any atom is 0.00387 e. The number of hydrogen-bond donors (Lipinski definition) is 1. The van der Waals surface area contributed by atoms with Gasteiger partial charge in [0.1, 0.15) is 0 Å². The fraction of sp³-hybridized carbons (Fsp3) is 1.00. The van der Waals surface area contributed by atoms with E-state index in [0.29, 0.717) is 6.04 Å². The molecule has 1 nitrogen and oxygen atoms in total. The maximum absolute atomic E-state index is 3.56. The zero-order valence-electron chi connectivity index (χ0n) is 9.35. The molecule has 2 unspecified atom stereocenters. The molecule has 0 aromatic rings. The highest BCUT2D eigenvalue weighted by molar-refractivity contribution is 4.65. The van der Waals surface area contributed by atoms with Crippen molar-refractivity contribution in [2.75, 3.05) is 6.54 Å². The van der Waals surface area contributed by atoms with E-state index in [4.69, 9.17) is 0 Å². The molecule has 0 heterocycles. The first-order chi connectivity index (χ1) is 5.57. The first kappa shape index (κ1) is 12.0. The molecule has 0 radical (unpaired) electrons. The van der Waals surface area contributed by atoms with Crippen LogP contribution in [0.4, 0.5) is 0 Å². The molecule has 0 bridgehead atoms. The first-order valence-corrected chi connectivity index (χ1v) is 5.31. The van der Waals surface area contributed by atoms with E-state index in [1.54, 1.807) is 0 Å². The normalized spacial score (nSPS) is 16.5. The molecule has 2 atom stereocenters. The molecule has 0 amide bonds. The summed E-state index contributed by atoms with van der Waals surface area (Å²) in [5.74, 6) is 1.59. The molecule has 0 aromatic carbocycles. The zero-order valence-corrected chi connectivity index (χ0v) is 9.35. The van der Waals surface area contributed by atoms with Crippen LogP contribution in [0.15, 0.2) is 0 Å². The largest absolute Gasteiger partial charge is 0.314 e. The van der Waals surface area contributed by atoms with Crippen molar-refractivity contribution >= 4 is 0 Å². The minimum atomic E-state index is 0.691. The number of hydrogen-bond acceptors (Lipinski definition) is 1. The summed E-state index contributed by atoms with van der Waals surface area (Å²) in [6, 6.07) is 0.691. The number of nitrogens with one attached hydrogen (secondary N) is 1. The summed E-state index contributed by atoms with van der Waals surface area (Å²) < 4.78 is 0. The van der Waals surface area contributed by atoms with Gasteiger partial charge in [-0.25, -0.2) is 0 Å². The third-order valence-corrected chi connectivity index (χ3v) is 2.65. The standard InChI is InChI=1S/C11H25N/c1-6-7-11(5)12-8-10(4)9(2)3/h9-12H,6-8H2,1-5H3. The van der Waals surface area contributed by atoms with Gasteiger partial charge in [-0.2, -0.15) is 0 Å². The van der Waals surface area contributed by atoms with E-state index in [9.17, 15) is 0 Å². The molecule has 0 saturated carbocycles. The van der Waals surface area contributed by atoms with Crippen molar-refractivity contribution in [1.82, 2.24) is 5.32 Å². The molecule has 0 aromatic heterocycles. The van der Waals surface area contributed by atoms with Crippen molar-refractivity contribution in [3.63, 3.8) is 0 Å². The van der Waals surface area contributed by atoms with Gasteiger partial charge in [0, 0.05) is 6.04 Å². The third kappa shape index (κ3) is 5.59. The van der Waals surface area contributed by atoms with Crippen molar-refractivity contribution in [2.45, 2.75) is 53.5 Å². The smallest absolute Gasteiger partial charge is 0.00387 e. The highest BCUT2D eigenvalue weighted by Crippen LogP contribution is 2.08. The van der Waals surface area contributed by atoms with E-state index < -0.39 is 0 Å². The third-order valence-electron chi connectivity index (χ3n) is 2.65. The maximum atomic E-state index is 3.56. The van der Waals surface area contributed by atoms with Gasteiger partial charge < -0.3 is 5.32 Å². The molecule has 0 fully saturated rings. The van der Waals surface area contributed by atoms with Gasteiger partial charge >= 0.3 is 0 Å². The summed E-state index contributed by atoms with van der Waals surface area (Å²) in [6.07, 6.45) is 2.58. The van der Waals surface area contributed by atoms with Crippen LogP contribution in [-0.2, 0) is 0 Å². The SMILES string of the molecule is CCCC(C)NCC(C)C(C)C. The van der Waals surface area contributed by atoms with Crippen molar-refractivity contribution in [1.29, 1.82) is 0 Å². The van der Waals surface area contributed by atoms with Crippen LogP contribution < -0.4 is 5.32 Å². The highest BCUT2D eigenvalue weighted by atomic mass is 14.9. The molecule has 0 aliphatic rings. The predicted octanol–water partition coefficient (Wildman–Crippen LogP) is 3.06. The van der Waals surface area contributed by atoms with E-state index >= 15 is 0 Å². The first-order valence-electron chi connectivity index (χ1n) is 5.31. The van der Waals surface area contributed by atoms with E-state index in [1.807, 2.05) is 0 Å². The lowest BCUT2D eigenvalue weighted by atomic mass is 9.98. The van der Waals surface area contributed by atoms with Crippen LogP contribution in [0.5, 0.6) is 0 Å². The molecular weight excluding hydrogens is 146 g/mol. The summed E-state index contributed by atoms with van der Waals surface area (Å²) >= 11 is 0. The second-order valence-corrected chi connectivity index (χ2v) is 4.32. The van der Waals surface area contributed by atoms with Gasteiger partial charge in [0.05, 0.1) is 0 Å². The molecule has 0 aliphatic carbocycles. The van der Waals surface area contributed by atoms with Crippen molar-refractivity contribution in [3.8, 4) is 0 Å². The summed E-state index contributed by atoms with van der Waals surface area (Å²) in [4.78, 5) is 0. The molecule has 12 heavy (non-hydrogen) atoms. The average molecular weight is 171 g/mol. The lowest BCUT2D eigenvalue weighted by Gasteiger charge is -2.19. The van der Waals surface area contributed by atoms with E-state index in [1.165, 1.54) is 19.4 Å². The van der Waals surface area contributed by atoms with Gasteiger partial charge in [-0.1, -0.05) is 34.1 Å². The molecular formula is C11H25N. The molecule has 0 rings (SSSR count). The molecule has 0 saturated heterocycles. The lowest BCUT2D eigenvalue weighted by Crippen LogP contribution is -2.31. The van der Waals surface area contributed by atoms with E-state index in [0.717, 1.165) is 11.8 Å². The topological polar surface area (TPSA) is 12.0 Å². The van der Waals surface area contributed by atoms with Crippen LogP contribution in [-0.4, -0.2) is 12.6 Å². The minimum Gasteiger partial charge on any atom is -0.314 e. The quantitative estimate of drug-likeness (QED) is 0.647. The molecule has 0 aliphatic heterocycles. The molecule has 1 heteroatoms. The van der Waals surface area contributed by atoms with Crippen LogP contribution >= 0.6 is 0 Å². The molecule has 1 N–H and O–H groups in total. The van der Waals surface area contributed by atoms with Gasteiger partial charge in [-0.15, -0.1) is 0 Å².